The van der Waals surface area contributed by atoms with Crippen molar-refractivity contribution in [2.24, 2.45) is 0 Å². The van der Waals surface area contributed by atoms with Crippen molar-refractivity contribution in [1.82, 2.24) is 20.5 Å². The van der Waals surface area contributed by atoms with E-state index < -0.39 is 5.25 Å². The fraction of sp³-hybridized carbons (Fsp3) is 0.400. The number of hydrogen-bond donors (Lipinski definition) is 3. The van der Waals surface area contributed by atoms with E-state index in [1.807, 2.05) is 30.3 Å². The standard InChI is InChI=1S/C15H19N5O2S/c16-14-18-15(20-19-14)23-12(10-5-2-1-3-6-10)13(21)17-9-11-7-4-8-22-11/h1-3,5-6,11-12H,4,7-9H2,(H,17,21)(H3,16,18,19,20)/t11-,12+/m1/s1. The Hall–Kier alpha value is -2.06. The van der Waals surface area contributed by atoms with E-state index in [4.69, 9.17) is 10.5 Å². The summed E-state index contributed by atoms with van der Waals surface area (Å²) in [6, 6.07) is 9.56. The summed E-state index contributed by atoms with van der Waals surface area (Å²) < 4.78 is 5.54. The van der Waals surface area contributed by atoms with Gasteiger partial charge in [0.1, 0.15) is 5.25 Å². The highest BCUT2D eigenvalue weighted by atomic mass is 32.2. The van der Waals surface area contributed by atoms with Crippen LogP contribution < -0.4 is 11.1 Å². The van der Waals surface area contributed by atoms with Gasteiger partial charge < -0.3 is 15.8 Å². The number of nitrogens with two attached hydrogens (primary N) is 1. The number of nitrogen functional groups attached to an aromatic ring is 1. The fourth-order valence-corrected chi connectivity index (χ4v) is 3.37. The zero-order valence-corrected chi connectivity index (χ0v) is 13.4. The first-order chi connectivity index (χ1) is 11.2. The molecule has 1 aromatic carbocycles. The lowest BCUT2D eigenvalue weighted by Gasteiger charge is -2.17. The van der Waals surface area contributed by atoms with Crippen molar-refractivity contribution in [3.05, 3.63) is 35.9 Å². The van der Waals surface area contributed by atoms with E-state index in [1.165, 1.54) is 11.8 Å². The Labute approximate surface area is 138 Å². The molecule has 122 valence electrons. The Morgan fingerprint density at radius 1 is 1.48 bits per heavy atom. The third kappa shape index (κ3) is 4.23. The Morgan fingerprint density at radius 3 is 2.96 bits per heavy atom. The second-order valence-electron chi connectivity index (χ2n) is 5.29. The molecule has 0 saturated carbocycles. The van der Waals surface area contributed by atoms with E-state index in [2.05, 4.69) is 20.5 Å². The maximum atomic E-state index is 12.6. The maximum absolute atomic E-state index is 12.6. The van der Waals surface area contributed by atoms with Crippen molar-refractivity contribution in [3.63, 3.8) is 0 Å². The zero-order valence-electron chi connectivity index (χ0n) is 12.6. The largest absolute Gasteiger partial charge is 0.376 e. The molecule has 3 rings (SSSR count). The van der Waals surface area contributed by atoms with E-state index in [1.54, 1.807) is 0 Å². The number of H-pyrrole nitrogens is 1. The van der Waals surface area contributed by atoms with Crippen LogP contribution in [-0.2, 0) is 9.53 Å². The molecule has 0 bridgehead atoms. The van der Waals surface area contributed by atoms with Crippen LogP contribution in [0.2, 0.25) is 0 Å². The lowest BCUT2D eigenvalue weighted by molar-refractivity contribution is -0.121. The quantitative estimate of drug-likeness (QED) is 0.692. The van der Waals surface area contributed by atoms with E-state index in [0.29, 0.717) is 11.7 Å². The first-order valence-electron chi connectivity index (χ1n) is 7.51. The van der Waals surface area contributed by atoms with Gasteiger partial charge in [0.15, 0.2) is 0 Å². The second-order valence-corrected chi connectivity index (χ2v) is 6.36. The number of nitrogens with zero attached hydrogens (tertiary/aromatic N) is 2. The number of carbonyl (C=O) groups is 1. The number of nitrogens with one attached hydrogen (secondary N) is 2. The predicted octanol–water partition coefficient (Wildman–Crippen LogP) is 1.52. The Balaban J connectivity index is 1.70. The summed E-state index contributed by atoms with van der Waals surface area (Å²) >= 11 is 1.27. The first-order valence-corrected chi connectivity index (χ1v) is 8.39. The third-order valence-corrected chi connectivity index (χ3v) is 4.69. The number of carbonyl (C=O) groups excluding carboxylic acids is 1. The van der Waals surface area contributed by atoms with Gasteiger partial charge >= 0.3 is 0 Å². The minimum Gasteiger partial charge on any atom is -0.376 e. The predicted molar refractivity (Wildman–Crippen MR) is 87.8 cm³/mol. The molecule has 7 nitrogen and oxygen atoms in total. The molecular formula is C15H19N5O2S. The average molecular weight is 333 g/mol. The monoisotopic (exact) mass is 333 g/mol. The Kier molecular flexibility index (Phi) is 5.14. The molecule has 0 spiro atoms. The highest BCUT2D eigenvalue weighted by Gasteiger charge is 2.25. The highest BCUT2D eigenvalue weighted by Crippen LogP contribution is 2.33. The van der Waals surface area contributed by atoms with Gasteiger partial charge in [0.25, 0.3) is 0 Å². The molecule has 1 fully saturated rings. The summed E-state index contributed by atoms with van der Waals surface area (Å²) in [5, 5.41) is 9.56. The van der Waals surface area contributed by atoms with Gasteiger partial charge in [-0.25, -0.2) is 5.10 Å². The van der Waals surface area contributed by atoms with Gasteiger partial charge in [-0.2, -0.15) is 4.98 Å². The molecule has 8 heteroatoms. The number of benzene rings is 1. The summed E-state index contributed by atoms with van der Waals surface area (Å²) in [5.41, 5.74) is 6.45. The van der Waals surface area contributed by atoms with Crippen LogP contribution in [-0.4, -0.2) is 40.3 Å². The minimum absolute atomic E-state index is 0.0833. The second kappa shape index (κ2) is 7.47. The molecule has 2 heterocycles. The van der Waals surface area contributed by atoms with Crippen molar-refractivity contribution in [2.45, 2.75) is 29.4 Å². The molecule has 1 amide bonds. The minimum atomic E-state index is -0.437. The molecular weight excluding hydrogens is 314 g/mol. The van der Waals surface area contributed by atoms with Gasteiger partial charge in [-0.3, -0.25) is 4.79 Å². The van der Waals surface area contributed by atoms with Crippen LogP contribution in [0.4, 0.5) is 5.95 Å². The SMILES string of the molecule is Nc1nc(S[C@H](C(=O)NC[C@H]2CCCO2)c2ccccc2)n[nH]1. The molecule has 1 saturated heterocycles. The van der Waals surface area contributed by atoms with Crippen LogP contribution >= 0.6 is 11.8 Å². The summed E-state index contributed by atoms with van der Waals surface area (Å²) in [4.78, 5) is 16.7. The van der Waals surface area contributed by atoms with Crippen molar-refractivity contribution in [2.75, 3.05) is 18.9 Å². The van der Waals surface area contributed by atoms with Crippen LogP contribution in [0.3, 0.4) is 0 Å². The molecule has 1 aromatic heterocycles. The number of hydrogen-bond acceptors (Lipinski definition) is 6. The van der Waals surface area contributed by atoms with Crippen molar-refractivity contribution < 1.29 is 9.53 Å². The Morgan fingerprint density at radius 2 is 2.30 bits per heavy atom. The molecule has 0 radical (unpaired) electrons. The molecule has 23 heavy (non-hydrogen) atoms. The number of amides is 1. The summed E-state index contributed by atoms with van der Waals surface area (Å²) in [7, 11) is 0. The van der Waals surface area contributed by atoms with Crippen LogP contribution in [0.1, 0.15) is 23.7 Å². The van der Waals surface area contributed by atoms with Gasteiger partial charge in [-0.05, 0) is 18.4 Å². The smallest absolute Gasteiger partial charge is 0.238 e. The highest BCUT2D eigenvalue weighted by molar-refractivity contribution is 8.00. The van der Waals surface area contributed by atoms with Crippen LogP contribution in [0.5, 0.6) is 0 Å². The normalized spacial score (nSPS) is 18.7. The topological polar surface area (TPSA) is 106 Å². The fourth-order valence-electron chi connectivity index (χ4n) is 2.43. The summed E-state index contributed by atoms with van der Waals surface area (Å²) in [6.45, 7) is 1.30. The van der Waals surface area contributed by atoms with Crippen molar-refractivity contribution >= 4 is 23.6 Å². The van der Waals surface area contributed by atoms with Crippen molar-refractivity contribution in [3.8, 4) is 0 Å². The molecule has 2 atom stereocenters. The molecule has 2 aromatic rings. The molecule has 0 unspecified atom stereocenters. The number of aromatic amines is 1. The van der Waals surface area contributed by atoms with Crippen LogP contribution in [0.15, 0.2) is 35.5 Å². The van der Waals surface area contributed by atoms with E-state index in [0.717, 1.165) is 25.0 Å². The number of aromatic nitrogens is 3. The zero-order chi connectivity index (χ0) is 16.1. The van der Waals surface area contributed by atoms with E-state index in [-0.39, 0.29) is 18.0 Å². The van der Waals surface area contributed by atoms with Gasteiger partial charge in [-0.15, -0.1) is 5.10 Å². The first kappa shape index (κ1) is 15.8. The molecule has 1 aliphatic heterocycles. The van der Waals surface area contributed by atoms with Gasteiger partial charge in [0, 0.05) is 13.2 Å². The maximum Gasteiger partial charge on any atom is 0.238 e. The van der Waals surface area contributed by atoms with Crippen molar-refractivity contribution in [1.29, 1.82) is 0 Å². The van der Waals surface area contributed by atoms with Gasteiger partial charge in [0.2, 0.25) is 17.0 Å². The lowest BCUT2D eigenvalue weighted by atomic mass is 10.1. The van der Waals surface area contributed by atoms with Crippen LogP contribution in [0.25, 0.3) is 0 Å². The number of ether oxygens (including phenoxy) is 1. The van der Waals surface area contributed by atoms with E-state index in [9.17, 15) is 4.79 Å². The number of thioether (sulfide) groups is 1. The van der Waals surface area contributed by atoms with Crippen LogP contribution in [0, 0.1) is 0 Å². The van der Waals surface area contributed by atoms with Gasteiger partial charge in [0.05, 0.1) is 6.10 Å². The summed E-state index contributed by atoms with van der Waals surface area (Å²) in [6.07, 6.45) is 2.15. The molecule has 4 N–H and O–H groups in total. The number of anilines is 1. The van der Waals surface area contributed by atoms with Gasteiger partial charge in [-0.1, -0.05) is 42.1 Å². The van der Waals surface area contributed by atoms with E-state index >= 15 is 0 Å². The average Bonchev–Trinajstić information content (AvgIpc) is 3.23. The molecule has 1 aliphatic rings. The number of rotatable bonds is 6. The third-order valence-electron chi connectivity index (χ3n) is 3.57. The molecule has 0 aliphatic carbocycles. The Bertz CT molecular complexity index is 642. The lowest BCUT2D eigenvalue weighted by Crippen LogP contribution is -2.34. The summed E-state index contributed by atoms with van der Waals surface area (Å²) in [5.74, 6) is 0.152.